The second-order valence-electron chi connectivity index (χ2n) is 5.54. The molecule has 6 nitrogen and oxygen atoms in total. The topological polar surface area (TPSA) is 80.4 Å². The highest BCUT2D eigenvalue weighted by Gasteiger charge is 2.19. The average Bonchev–Trinajstić information content (AvgIpc) is 2.89. The van der Waals surface area contributed by atoms with E-state index in [-0.39, 0.29) is 4.90 Å². The number of rotatable bonds is 3. The Morgan fingerprint density at radius 3 is 2.67 bits per heavy atom. The molecular weight excluding hydrogens is 328 g/mol. The van der Waals surface area contributed by atoms with Crippen molar-refractivity contribution in [2.45, 2.75) is 11.3 Å². The van der Waals surface area contributed by atoms with Crippen LogP contribution in [0.3, 0.4) is 0 Å². The Labute approximate surface area is 139 Å². The maximum atomic E-state index is 12.6. The van der Waals surface area contributed by atoms with Crippen LogP contribution in [0.15, 0.2) is 53.6 Å². The van der Waals surface area contributed by atoms with E-state index >= 15 is 0 Å². The second-order valence-corrected chi connectivity index (χ2v) is 7.23. The van der Waals surface area contributed by atoms with Gasteiger partial charge in [0.25, 0.3) is 10.0 Å². The SMILES string of the molecule is O=S(=O)(Nc1ccc2[nH]ccc2c1)c1ccc2c(c1)OCCCO2. The summed E-state index contributed by atoms with van der Waals surface area (Å²) >= 11 is 0. The molecule has 0 atom stereocenters. The van der Waals surface area contributed by atoms with Gasteiger partial charge in [-0.2, -0.15) is 0 Å². The van der Waals surface area contributed by atoms with Gasteiger partial charge >= 0.3 is 0 Å². The van der Waals surface area contributed by atoms with E-state index in [1.165, 1.54) is 12.1 Å². The van der Waals surface area contributed by atoms with Gasteiger partial charge in [-0.15, -0.1) is 0 Å². The molecule has 0 unspecified atom stereocenters. The average molecular weight is 344 g/mol. The summed E-state index contributed by atoms with van der Waals surface area (Å²) in [5.41, 5.74) is 1.46. The first-order chi connectivity index (χ1) is 11.6. The summed E-state index contributed by atoms with van der Waals surface area (Å²) in [5, 5.41) is 0.939. The number of benzene rings is 2. The minimum atomic E-state index is -3.71. The van der Waals surface area contributed by atoms with Gasteiger partial charge in [0.1, 0.15) is 0 Å². The summed E-state index contributed by atoms with van der Waals surface area (Å²) in [6, 6.07) is 11.9. The molecule has 1 aliphatic rings. The number of aromatic nitrogens is 1. The Hall–Kier alpha value is -2.67. The number of ether oxygens (including phenoxy) is 2. The first kappa shape index (κ1) is 14.9. The van der Waals surface area contributed by atoms with Gasteiger partial charge in [-0.3, -0.25) is 4.72 Å². The summed E-state index contributed by atoms with van der Waals surface area (Å²) in [4.78, 5) is 3.21. The van der Waals surface area contributed by atoms with Gasteiger partial charge in [0, 0.05) is 35.3 Å². The number of anilines is 1. The molecule has 0 amide bonds. The molecule has 2 aromatic carbocycles. The van der Waals surface area contributed by atoms with Crippen molar-refractivity contribution < 1.29 is 17.9 Å². The van der Waals surface area contributed by atoms with Gasteiger partial charge in [0.05, 0.1) is 18.1 Å². The number of aromatic amines is 1. The van der Waals surface area contributed by atoms with Crippen LogP contribution >= 0.6 is 0 Å². The quantitative estimate of drug-likeness (QED) is 0.765. The molecule has 1 aromatic heterocycles. The molecule has 2 N–H and O–H groups in total. The number of hydrogen-bond donors (Lipinski definition) is 2. The van der Waals surface area contributed by atoms with E-state index in [2.05, 4.69) is 9.71 Å². The maximum Gasteiger partial charge on any atom is 0.262 e. The minimum absolute atomic E-state index is 0.140. The van der Waals surface area contributed by atoms with Crippen LogP contribution in [0.2, 0.25) is 0 Å². The zero-order chi connectivity index (χ0) is 16.6. The third-order valence-electron chi connectivity index (χ3n) is 3.83. The molecule has 0 radical (unpaired) electrons. The predicted octanol–water partition coefficient (Wildman–Crippen LogP) is 3.13. The van der Waals surface area contributed by atoms with Crippen LogP contribution in [-0.4, -0.2) is 26.6 Å². The van der Waals surface area contributed by atoms with Gasteiger partial charge in [0.2, 0.25) is 0 Å². The molecule has 0 saturated carbocycles. The van der Waals surface area contributed by atoms with E-state index < -0.39 is 10.0 Å². The van der Waals surface area contributed by atoms with E-state index in [0.29, 0.717) is 30.4 Å². The summed E-state index contributed by atoms with van der Waals surface area (Å²) in [6.07, 6.45) is 2.58. The Bertz CT molecular complexity index is 995. The molecule has 124 valence electrons. The molecule has 0 bridgehead atoms. The monoisotopic (exact) mass is 344 g/mol. The van der Waals surface area contributed by atoms with E-state index in [1.54, 1.807) is 18.2 Å². The second kappa shape index (κ2) is 5.76. The third kappa shape index (κ3) is 2.78. The summed E-state index contributed by atoms with van der Waals surface area (Å²) < 4.78 is 39.0. The predicted molar refractivity (Wildman–Crippen MR) is 91.2 cm³/mol. The molecule has 0 aliphatic carbocycles. The van der Waals surface area contributed by atoms with Gasteiger partial charge in [0.15, 0.2) is 11.5 Å². The highest BCUT2D eigenvalue weighted by molar-refractivity contribution is 7.92. The smallest absolute Gasteiger partial charge is 0.262 e. The molecule has 2 heterocycles. The van der Waals surface area contributed by atoms with Gasteiger partial charge in [-0.05, 0) is 36.4 Å². The number of sulfonamides is 1. The van der Waals surface area contributed by atoms with Crippen LogP contribution in [0.4, 0.5) is 5.69 Å². The van der Waals surface area contributed by atoms with Crippen molar-refractivity contribution >= 4 is 26.6 Å². The zero-order valence-corrected chi connectivity index (χ0v) is 13.6. The van der Waals surface area contributed by atoms with Crippen molar-refractivity contribution in [3.63, 3.8) is 0 Å². The Morgan fingerprint density at radius 2 is 1.79 bits per heavy atom. The number of fused-ring (bicyclic) bond motifs is 2. The number of nitrogens with one attached hydrogen (secondary N) is 2. The molecule has 0 spiro atoms. The largest absolute Gasteiger partial charge is 0.490 e. The van der Waals surface area contributed by atoms with E-state index in [4.69, 9.17) is 9.47 Å². The molecule has 24 heavy (non-hydrogen) atoms. The minimum Gasteiger partial charge on any atom is -0.490 e. The molecule has 7 heteroatoms. The first-order valence-electron chi connectivity index (χ1n) is 7.61. The standard InChI is InChI=1S/C17H16N2O4S/c20-24(21,19-13-2-4-15-12(10-13)6-7-18-15)14-3-5-16-17(11-14)23-9-1-8-22-16/h2-7,10-11,18-19H,1,8-9H2. The van der Waals surface area contributed by atoms with Crippen LogP contribution in [-0.2, 0) is 10.0 Å². The van der Waals surface area contributed by atoms with Gasteiger partial charge in [-0.1, -0.05) is 0 Å². The highest BCUT2D eigenvalue weighted by Crippen LogP contribution is 2.32. The lowest BCUT2D eigenvalue weighted by Gasteiger charge is -2.11. The Balaban J connectivity index is 1.65. The summed E-state index contributed by atoms with van der Waals surface area (Å²) in [7, 11) is -3.71. The lowest BCUT2D eigenvalue weighted by Crippen LogP contribution is -2.13. The van der Waals surface area contributed by atoms with Crippen molar-refractivity contribution in [2.75, 3.05) is 17.9 Å². The van der Waals surface area contributed by atoms with E-state index in [9.17, 15) is 8.42 Å². The van der Waals surface area contributed by atoms with Gasteiger partial charge < -0.3 is 14.5 Å². The van der Waals surface area contributed by atoms with Crippen LogP contribution in [0, 0.1) is 0 Å². The molecule has 3 aromatic rings. The van der Waals surface area contributed by atoms with Crippen molar-refractivity contribution in [1.29, 1.82) is 0 Å². The lowest BCUT2D eigenvalue weighted by molar-refractivity contribution is 0.297. The Morgan fingerprint density at radius 1 is 0.958 bits per heavy atom. The van der Waals surface area contributed by atoms with Crippen LogP contribution < -0.4 is 14.2 Å². The van der Waals surface area contributed by atoms with Crippen molar-refractivity contribution in [2.24, 2.45) is 0 Å². The fourth-order valence-corrected chi connectivity index (χ4v) is 3.71. The molecular formula is C17H16N2O4S. The van der Waals surface area contributed by atoms with Crippen molar-refractivity contribution in [3.05, 3.63) is 48.7 Å². The van der Waals surface area contributed by atoms with Gasteiger partial charge in [-0.25, -0.2) is 8.42 Å². The van der Waals surface area contributed by atoms with Crippen LogP contribution in [0.5, 0.6) is 11.5 Å². The van der Waals surface area contributed by atoms with Crippen molar-refractivity contribution in [3.8, 4) is 11.5 Å². The van der Waals surface area contributed by atoms with Crippen LogP contribution in [0.25, 0.3) is 10.9 Å². The fraction of sp³-hybridized carbons (Fsp3) is 0.176. The summed E-state index contributed by atoms with van der Waals surface area (Å²) in [6.45, 7) is 1.07. The zero-order valence-electron chi connectivity index (χ0n) is 12.8. The molecule has 4 rings (SSSR count). The highest BCUT2D eigenvalue weighted by atomic mass is 32.2. The molecule has 0 fully saturated rings. The maximum absolute atomic E-state index is 12.6. The Kier molecular flexibility index (Phi) is 3.57. The fourth-order valence-electron chi connectivity index (χ4n) is 2.64. The van der Waals surface area contributed by atoms with E-state index in [0.717, 1.165) is 17.3 Å². The third-order valence-corrected chi connectivity index (χ3v) is 5.21. The summed E-state index contributed by atoms with van der Waals surface area (Å²) in [5.74, 6) is 1.02. The van der Waals surface area contributed by atoms with Crippen molar-refractivity contribution in [1.82, 2.24) is 4.98 Å². The van der Waals surface area contributed by atoms with Crippen LogP contribution in [0.1, 0.15) is 6.42 Å². The normalized spacial score (nSPS) is 14.3. The van der Waals surface area contributed by atoms with E-state index in [1.807, 2.05) is 18.3 Å². The number of H-pyrrole nitrogens is 1. The molecule has 0 saturated heterocycles. The first-order valence-corrected chi connectivity index (χ1v) is 9.10. The number of hydrogen-bond acceptors (Lipinski definition) is 4. The molecule has 1 aliphatic heterocycles. The lowest BCUT2D eigenvalue weighted by atomic mass is 10.2.